The summed E-state index contributed by atoms with van der Waals surface area (Å²) in [6, 6.07) is 17.9. The number of anilines is 2. The van der Waals surface area contributed by atoms with E-state index in [9.17, 15) is 4.79 Å². The van der Waals surface area contributed by atoms with E-state index in [2.05, 4.69) is 16.7 Å². The minimum absolute atomic E-state index is 0.398. The molecule has 0 saturated heterocycles. The van der Waals surface area contributed by atoms with Gasteiger partial charge in [0.2, 0.25) is 0 Å². The first-order valence-corrected chi connectivity index (χ1v) is 9.62. The summed E-state index contributed by atoms with van der Waals surface area (Å²) in [5, 5.41) is 7.40. The van der Waals surface area contributed by atoms with Crippen LogP contribution in [-0.2, 0) is 4.74 Å². The molecule has 2 N–H and O–H groups in total. The molecule has 6 heteroatoms. The van der Waals surface area contributed by atoms with Crippen molar-refractivity contribution in [3.05, 3.63) is 71.3 Å². The average Bonchev–Trinajstić information content (AvgIpc) is 3.04. The third kappa shape index (κ3) is 4.72. The van der Waals surface area contributed by atoms with Crippen LogP contribution in [0.5, 0.6) is 0 Å². The van der Waals surface area contributed by atoms with Crippen LogP contribution in [0.4, 0.5) is 10.7 Å². The van der Waals surface area contributed by atoms with Gasteiger partial charge in [-0.3, -0.25) is 0 Å². The molecule has 0 aliphatic rings. The van der Waals surface area contributed by atoms with Crippen LogP contribution in [0, 0.1) is 13.8 Å². The van der Waals surface area contributed by atoms with Crippen molar-refractivity contribution < 1.29 is 9.53 Å². The summed E-state index contributed by atoms with van der Waals surface area (Å²) in [6.07, 6.45) is 0. The van der Waals surface area contributed by atoms with Crippen LogP contribution in [0.2, 0.25) is 0 Å². The molecule has 0 aliphatic carbocycles. The van der Waals surface area contributed by atoms with Gasteiger partial charge in [-0.15, -0.1) is 11.3 Å². The van der Waals surface area contributed by atoms with Gasteiger partial charge < -0.3 is 15.4 Å². The number of ether oxygens (including phenoxy) is 1. The Balaban J connectivity index is 1.85. The second-order valence-corrected chi connectivity index (χ2v) is 7.63. The molecule has 3 rings (SSSR count). The smallest absolute Gasteiger partial charge is 0.340 e. The van der Waals surface area contributed by atoms with E-state index in [4.69, 9.17) is 17.0 Å². The minimum atomic E-state index is -0.398. The zero-order chi connectivity index (χ0) is 19.4. The third-order valence-electron chi connectivity index (χ3n) is 3.90. The number of aryl methyl sites for hydroxylation is 2. The lowest BCUT2D eigenvalue weighted by atomic mass is 10.1. The van der Waals surface area contributed by atoms with E-state index >= 15 is 0 Å². The second-order valence-electron chi connectivity index (χ2n) is 6.17. The molecule has 3 aromatic rings. The number of carbonyl (C=O) groups is 1. The van der Waals surface area contributed by atoms with E-state index in [1.165, 1.54) is 18.4 Å². The highest BCUT2D eigenvalue weighted by atomic mass is 32.1. The number of nitrogens with one attached hydrogen (secondary N) is 2. The molecule has 4 nitrogen and oxygen atoms in total. The fourth-order valence-corrected chi connectivity index (χ4v) is 4.14. The molecule has 0 spiro atoms. The number of hydrogen-bond acceptors (Lipinski definition) is 4. The maximum atomic E-state index is 12.2. The first-order valence-electron chi connectivity index (χ1n) is 8.40. The molecule has 0 atom stereocenters. The zero-order valence-electron chi connectivity index (χ0n) is 15.3. The number of thiocarbonyl (C=S) groups is 1. The molecule has 0 amide bonds. The van der Waals surface area contributed by atoms with E-state index in [0.717, 1.165) is 27.3 Å². The number of hydrogen-bond donors (Lipinski definition) is 2. The van der Waals surface area contributed by atoms with E-state index in [-0.39, 0.29) is 0 Å². The van der Waals surface area contributed by atoms with Crippen LogP contribution >= 0.6 is 23.6 Å². The molecule has 1 aromatic heterocycles. The Hall–Kier alpha value is -2.70. The molecule has 0 fully saturated rings. The first kappa shape index (κ1) is 19.1. The lowest BCUT2D eigenvalue weighted by Gasteiger charge is -2.11. The van der Waals surface area contributed by atoms with Crippen molar-refractivity contribution in [3.63, 3.8) is 0 Å². The molecule has 0 unspecified atom stereocenters. The van der Waals surface area contributed by atoms with Gasteiger partial charge in [0.25, 0.3) is 0 Å². The van der Waals surface area contributed by atoms with Crippen LogP contribution in [0.3, 0.4) is 0 Å². The normalized spacial score (nSPS) is 10.3. The van der Waals surface area contributed by atoms with Gasteiger partial charge in [-0.05, 0) is 61.0 Å². The van der Waals surface area contributed by atoms with Gasteiger partial charge in [0.05, 0.1) is 12.7 Å². The largest absolute Gasteiger partial charge is 0.465 e. The van der Waals surface area contributed by atoms with Crippen LogP contribution in [0.25, 0.3) is 10.4 Å². The van der Waals surface area contributed by atoms with Crippen molar-refractivity contribution in [2.45, 2.75) is 13.8 Å². The van der Waals surface area contributed by atoms with Gasteiger partial charge >= 0.3 is 5.97 Å². The number of benzene rings is 2. The highest BCUT2D eigenvalue weighted by Gasteiger charge is 2.18. The predicted octanol–water partition coefficient (Wildman–Crippen LogP) is 5.63. The van der Waals surface area contributed by atoms with Gasteiger partial charge in [0.15, 0.2) is 5.11 Å². The number of carbonyl (C=O) groups excluding carboxylic acids is 1. The Morgan fingerprint density at radius 1 is 1.00 bits per heavy atom. The van der Waals surface area contributed by atoms with Crippen molar-refractivity contribution in [2.24, 2.45) is 0 Å². The van der Waals surface area contributed by atoms with Crippen molar-refractivity contribution in [3.8, 4) is 10.4 Å². The van der Waals surface area contributed by atoms with E-state index in [1.807, 2.05) is 62.4 Å². The SMILES string of the molecule is COC(=O)c1cc(-c2ccccc2)sc1NC(=S)Nc1cc(C)cc(C)c1. The maximum Gasteiger partial charge on any atom is 0.340 e. The van der Waals surface area contributed by atoms with Crippen molar-refractivity contribution in [1.29, 1.82) is 0 Å². The first-order chi connectivity index (χ1) is 13.0. The van der Waals surface area contributed by atoms with Crippen LogP contribution in [0.1, 0.15) is 21.5 Å². The minimum Gasteiger partial charge on any atom is -0.465 e. The quantitative estimate of drug-likeness (QED) is 0.442. The summed E-state index contributed by atoms with van der Waals surface area (Å²) in [4.78, 5) is 13.2. The standard InChI is InChI=1S/C21H20N2O2S2/c1-13-9-14(2)11-16(10-13)22-21(26)23-19-17(20(24)25-3)12-18(27-19)15-7-5-4-6-8-15/h4-12H,1-3H3,(H2,22,23,26). The molecular weight excluding hydrogens is 376 g/mol. The van der Waals surface area contributed by atoms with Crippen LogP contribution < -0.4 is 10.6 Å². The van der Waals surface area contributed by atoms with Gasteiger partial charge in [0.1, 0.15) is 5.00 Å². The molecule has 27 heavy (non-hydrogen) atoms. The number of rotatable bonds is 4. The molecule has 1 heterocycles. The average molecular weight is 397 g/mol. The summed E-state index contributed by atoms with van der Waals surface area (Å²) in [7, 11) is 1.37. The van der Waals surface area contributed by atoms with E-state index in [0.29, 0.717) is 15.7 Å². The molecule has 0 radical (unpaired) electrons. The van der Waals surface area contributed by atoms with Gasteiger partial charge in [-0.1, -0.05) is 36.4 Å². The predicted molar refractivity (Wildman–Crippen MR) is 117 cm³/mol. The molecule has 2 aromatic carbocycles. The Bertz CT molecular complexity index is 961. The number of thiophene rings is 1. The monoisotopic (exact) mass is 396 g/mol. The fraction of sp³-hybridized carbons (Fsp3) is 0.143. The van der Waals surface area contributed by atoms with Gasteiger partial charge in [0, 0.05) is 10.6 Å². The van der Waals surface area contributed by atoms with Crippen molar-refractivity contribution in [1.82, 2.24) is 0 Å². The molecule has 138 valence electrons. The topological polar surface area (TPSA) is 50.4 Å². The summed E-state index contributed by atoms with van der Waals surface area (Å²) in [5.41, 5.74) is 4.71. The lowest BCUT2D eigenvalue weighted by Crippen LogP contribution is -2.20. The van der Waals surface area contributed by atoms with Gasteiger partial charge in [-0.25, -0.2) is 4.79 Å². The number of esters is 1. The van der Waals surface area contributed by atoms with Crippen LogP contribution in [-0.4, -0.2) is 18.2 Å². The van der Waals surface area contributed by atoms with Crippen molar-refractivity contribution in [2.75, 3.05) is 17.7 Å². The third-order valence-corrected chi connectivity index (χ3v) is 5.21. The number of methoxy groups -OCH3 is 1. The zero-order valence-corrected chi connectivity index (χ0v) is 17.0. The Morgan fingerprint density at radius 3 is 2.30 bits per heavy atom. The Morgan fingerprint density at radius 2 is 1.67 bits per heavy atom. The van der Waals surface area contributed by atoms with E-state index < -0.39 is 5.97 Å². The fourth-order valence-electron chi connectivity index (χ4n) is 2.80. The molecular formula is C21H20N2O2S2. The van der Waals surface area contributed by atoms with Gasteiger partial charge in [-0.2, -0.15) is 0 Å². The summed E-state index contributed by atoms with van der Waals surface area (Å²) >= 11 is 6.91. The molecule has 0 aliphatic heterocycles. The van der Waals surface area contributed by atoms with Crippen molar-refractivity contribution >= 4 is 45.3 Å². The lowest BCUT2D eigenvalue weighted by molar-refractivity contribution is 0.0602. The Labute approximate surface area is 168 Å². The second kappa shape index (κ2) is 8.33. The maximum absolute atomic E-state index is 12.2. The highest BCUT2D eigenvalue weighted by molar-refractivity contribution is 7.80. The highest BCUT2D eigenvalue weighted by Crippen LogP contribution is 2.36. The van der Waals surface area contributed by atoms with E-state index in [1.54, 1.807) is 0 Å². The molecule has 0 saturated carbocycles. The summed E-state index contributed by atoms with van der Waals surface area (Å²) < 4.78 is 4.92. The molecule has 0 bridgehead atoms. The Kier molecular flexibility index (Phi) is 5.88. The summed E-state index contributed by atoms with van der Waals surface area (Å²) in [5.74, 6) is -0.398. The summed E-state index contributed by atoms with van der Waals surface area (Å²) in [6.45, 7) is 4.07. The van der Waals surface area contributed by atoms with Crippen LogP contribution in [0.15, 0.2) is 54.6 Å².